The Morgan fingerprint density at radius 2 is 0.662 bits per heavy atom. The molecule has 0 fully saturated rings. The summed E-state index contributed by atoms with van der Waals surface area (Å²) in [5.74, 6) is 1.79. The van der Waals surface area contributed by atoms with Gasteiger partial charge in [0.05, 0.1) is 0 Å². The lowest BCUT2D eigenvalue weighted by atomic mass is 9.81. The second kappa shape index (κ2) is 26.1. The Morgan fingerprint density at radius 1 is 0.300 bits per heavy atom. The molecule has 12 aromatic carbocycles. The standard InChI is InChI=1S/C34H21ClO.C28H17ClO.C6H6BClO2.2CH3I/c35-26-15-9-14-24(20-26)25-18-19-28-30(21-25)27-16-7-8-17-29(27)34-32(28)31(22-10-3-1-4-11-22)33(36-34)23-12-5-2-6-13-23;29-20-15-16-22-24(17-20)21-13-7-8-14-23(21)28-26(22)25(18-9-3-1-4-10-18)27(30-28)19-11-5-2-6-12-19;8-6-3-1-2-5(4-6)7(9)10;2*1-2/h1-21H;1-17H;1-4,9-10H;2*1H3. The molecule has 2 aromatic heterocycles. The van der Waals surface area contributed by atoms with Gasteiger partial charge in [0.1, 0.15) is 22.7 Å². The largest absolute Gasteiger partial charge is 0.488 e. The van der Waals surface area contributed by atoms with Gasteiger partial charge in [0.25, 0.3) is 0 Å². The van der Waals surface area contributed by atoms with Crippen molar-refractivity contribution < 1.29 is 18.9 Å². The molecule has 0 aliphatic heterocycles. The van der Waals surface area contributed by atoms with Crippen molar-refractivity contribution in [2.24, 2.45) is 0 Å². The van der Waals surface area contributed by atoms with Crippen LogP contribution in [0.15, 0.2) is 264 Å². The number of rotatable bonds is 6. The van der Waals surface area contributed by atoms with Gasteiger partial charge < -0.3 is 18.9 Å². The normalized spacial score (nSPS) is 10.8. The summed E-state index contributed by atoms with van der Waals surface area (Å²) in [6.07, 6.45) is 0. The quantitative estimate of drug-likeness (QED) is 0.0754. The van der Waals surface area contributed by atoms with Crippen molar-refractivity contribution in [2.75, 3.05) is 9.86 Å². The van der Waals surface area contributed by atoms with Gasteiger partial charge in [-0.05, 0) is 112 Å². The van der Waals surface area contributed by atoms with Crippen molar-refractivity contribution in [3.8, 4) is 56.0 Å². The number of hydrogen-bond acceptors (Lipinski definition) is 4. The zero-order valence-electron chi connectivity index (χ0n) is 43.4. The van der Waals surface area contributed by atoms with Crippen LogP contribution in [0.1, 0.15) is 0 Å². The molecule has 2 heterocycles. The summed E-state index contributed by atoms with van der Waals surface area (Å²) < 4.78 is 13.4. The SMILES string of the molecule is CI.CI.Clc1ccc2c(c1)c1ccccc1c1oc(-c3ccccc3)c(-c3ccccc3)c21.Clc1cccc(-c2ccc3c(c2)c2ccccc2c2oc(-c4ccccc4)c(-c4ccccc4)c32)c1.OB(O)c1cccc(Cl)c1. The van der Waals surface area contributed by atoms with Crippen LogP contribution in [0.5, 0.6) is 0 Å². The van der Waals surface area contributed by atoms with Crippen LogP contribution in [0.3, 0.4) is 0 Å². The zero-order chi connectivity index (χ0) is 55.7. The second-order valence-electron chi connectivity index (χ2n) is 18.5. The molecule has 14 rings (SSSR count). The fourth-order valence-electron chi connectivity index (χ4n) is 10.4. The third kappa shape index (κ3) is 11.7. The Morgan fingerprint density at radius 3 is 1.10 bits per heavy atom. The molecule has 0 amide bonds. The Bertz CT molecular complexity index is 4420. The van der Waals surface area contributed by atoms with E-state index in [0.29, 0.717) is 10.5 Å². The molecule has 0 unspecified atom stereocenters. The van der Waals surface area contributed by atoms with Gasteiger partial charge in [-0.25, -0.2) is 0 Å². The molecule has 0 saturated heterocycles. The summed E-state index contributed by atoms with van der Waals surface area (Å²) in [5, 5.41) is 30.8. The van der Waals surface area contributed by atoms with E-state index in [1.807, 2.05) is 64.5 Å². The average Bonchev–Trinajstić information content (AvgIpc) is 3.67. The average molecular weight is 1330 g/mol. The molecule has 80 heavy (non-hydrogen) atoms. The number of hydrogen-bond donors (Lipinski definition) is 2. The van der Waals surface area contributed by atoms with Crippen LogP contribution < -0.4 is 5.46 Å². The third-order valence-electron chi connectivity index (χ3n) is 13.8. The van der Waals surface area contributed by atoms with Crippen LogP contribution in [0.25, 0.3) is 121 Å². The first-order valence-corrected chi connectivity index (χ1v) is 31.1. The van der Waals surface area contributed by atoms with E-state index in [0.717, 1.165) is 115 Å². The van der Waals surface area contributed by atoms with E-state index in [4.69, 9.17) is 53.7 Å². The Balaban J connectivity index is 0.000000148. The third-order valence-corrected chi connectivity index (χ3v) is 14.5. The van der Waals surface area contributed by atoms with E-state index < -0.39 is 7.12 Å². The van der Waals surface area contributed by atoms with Crippen molar-refractivity contribution in [3.63, 3.8) is 0 Å². The van der Waals surface area contributed by atoms with Crippen LogP contribution in [-0.4, -0.2) is 27.0 Å². The maximum Gasteiger partial charge on any atom is 0.488 e. The minimum absolute atomic E-state index is 0.410. The molecule has 2 N–H and O–H groups in total. The van der Waals surface area contributed by atoms with Crippen LogP contribution in [0.2, 0.25) is 15.1 Å². The lowest BCUT2D eigenvalue weighted by Crippen LogP contribution is -2.29. The molecule has 14 aromatic rings. The van der Waals surface area contributed by atoms with Gasteiger partial charge in [0.15, 0.2) is 0 Å². The first kappa shape index (κ1) is 56.4. The minimum atomic E-state index is -1.43. The van der Waals surface area contributed by atoms with Crippen molar-refractivity contribution in [1.82, 2.24) is 0 Å². The Hall–Kier alpha value is -6.93. The zero-order valence-corrected chi connectivity index (χ0v) is 50.0. The summed E-state index contributed by atoms with van der Waals surface area (Å²) in [6.45, 7) is 0. The maximum atomic E-state index is 8.65. The van der Waals surface area contributed by atoms with Gasteiger partial charge in [-0.3, -0.25) is 0 Å². The molecule has 0 spiro atoms. The van der Waals surface area contributed by atoms with Crippen LogP contribution >= 0.6 is 80.0 Å². The molecule has 392 valence electrons. The highest BCUT2D eigenvalue weighted by Gasteiger charge is 2.24. The first-order chi connectivity index (χ1) is 39.3. The number of halogens is 5. The molecule has 0 radical (unpaired) electrons. The summed E-state index contributed by atoms with van der Waals surface area (Å²) in [4.78, 5) is 3.94. The number of benzene rings is 12. The van der Waals surface area contributed by atoms with Crippen molar-refractivity contribution in [1.29, 1.82) is 0 Å². The van der Waals surface area contributed by atoms with Crippen LogP contribution in [-0.2, 0) is 0 Å². The number of alkyl halides is 2. The lowest BCUT2D eigenvalue weighted by Gasteiger charge is -2.11. The van der Waals surface area contributed by atoms with Gasteiger partial charge in [0, 0.05) is 58.9 Å². The van der Waals surface area contributed by atoms with Crippen LogP contribution in [0.4, 0.5) is 0 Å². The van der Waals surface area contributed by atoms with E-state index in [9.17, 15) is 0 Å². The molecule has 0 aliphatic carbocycles. The smallest absolute Gasteiger partial charge is 0.455 e. The predicted octanol–water partition coefficient (Wildman–Crippen LogP) is 21.2. The number of fused-ring (bicyclic) bond motifs is 12. The van der Waals surface area contributed by atoms with Gasteiger partial charge in [0.2, 0.25) is 0 Å². The van der Waals surface area contributed by atoms with Crippen molar-refractivity contribution in [3.05, 3.63) is 270 Å². The molecular weight excluding hydrogens is 1280 g/mol. The fraction of sp³-hybridized carbons (Fsp3) is 0.0286. The van der Waals surface area contributed by atoms with Gasteiger partial charge in [-0.2, -0.15) is 0 Å². The van der Waals surface area contributed by atoms with Crippen LogP contribution in [0, 0.1) is 0 Å². The van der Waals surface area contributed by atoms with E-state index >= 15 is 0 Å². The summed E-state index contributed by atoms with van der Waals surface area (Å²) in [6, 6.07) is 86.0. The molecule has 0 atom stereocenters. The monoisotopic (exact) mass is 1320 g/mol. The molecule has 0 aliphatic rings. The highest BCUT2D eigenvalue weighted by Crippen LogP contribution is 2.49. The molecule has 0 saturated carbocycles. The second-order valence-corrected chi connectivity index (χ2v) is 19.8. The summed E-state index contributed by atoms with van der Waals surface area (Å²) >= 11 is 22.6. The van der Waals surface area contributed by atoms with E-state index in [1.165, 1.54) is 22.2 Å². The van der Waals surface area contributed by atoms with Crippen molar-refractivity contribution in [2.45, 2.75) is 0 Å². The molecule has 4 nitrogen and oxygen atoms in total. The Kier molecular flexibility index (Phi) is 18.4. The Labute approximate surface area is 507 Å². The lowest BCUT2D eigenvalue weighted by molar-refractivity contribution is 0.426. The van der Waals surface area contributed by atoms with Gasteiger partial charge >= 0.3 is 7.12 Å². The van der Waals surface area contributed by atoms with Gasteiger partial charge in [-0.1, -0.05) is 292 Å². The minimum Gasteiger partial charge on any atom is -0.455 e. The maximum absolute atomic E-state index is 8.65. The van der Waals surface area contributed by atoms with E-state index in [1.54, 1.807) is 18.2 Å². The predicted molar refractivity (Wildman–Crippen MR) is 361 cm³/mol. The number of furan rings is 2. The highest BCUT2D eigenvalue weighted by atomic mass is 127. The molecule has 10 heteroatoms. The van der Waals surface area contributed by atoms with E-state index in [-0.39, 0.29) is 0 Å². The molecule has 0 bridgehead atoms. The fourth-order valence-corrected chi connectivity index (χ4v) is 11.0. The molecular formula is C70H50BCl3I2O4. The topological polar surface area (TPSA) is 66.7 Å². The summed E-state index contributed by atoms with van der Waals surface area (Å²) in [7, 11) is -1.43. The highest BCUT2D eigenvalue weighted by molar-refractivity contribution is 14.1. The summed E-state index contributed by atoms with van der Waals surface area (Å²) in [5.41, 5.74) is 11.2. The van der Waals surface area contributed by atoms with E-state index in [2.05, 4.69) is 221 Å². The van der Waals surface area contributed by atoms with Crippen molar-refractivity contribution >= 4 is 158 Å². The van der Waals surface area contributed by atoms with Gasteiger partial charge in [-0.15, -0.1) is 0 Å². The first-order valence-electron chi connectivity index (χ1n) is 25.6.